The molecule has 21 heavy (non-hydrogen) atoms. The van der Waals surface area contributed by atoms with Crippen LogP contribution in [-0.2, 0) is 16.0 Å². The van der Waals surface area contributed by atoms with Gasteiger partial charge in [0.2, 0.25) is 0 Å². The first kappa shape index (κ1) is 14.0. The molecule has 1 fully saturated rings. The van der Waals surface area contributed by atoms with Gasteiger partial charge in [0.15, 0.2) is 0 Å². The second kappa shape index (κ2) is 6.24. The Morgan fingerprint density at radius 1 is 1.14 bits per heavy atom. The Morgan fingerprint density at radius 3 is 2.62 bits per heavy atom. The topological polar surface area (TPSA) is 49.8 Å². The van der Waals surface area contributed by atoms with E-state index >= 15 is 0 Å². The predicted molar refractivity (Wildman–Crippen MR) is 81.5 cm³/mol. The van der Waals surface area contributed by atoms with Gasteiger partial charge in [0.05, 0.1) is 13.2 Å². The second-order valence-electron chi connectivity index (χ2n) is 5.34. The van der Waals surface area contributed by atoms with Gasteiger partial charge in [0.25, 0.3) is 0 Å². The lowest BCUT2D eigenvalue weighted by Crippen LogP contribution is -2.48. The van der Waals surface area contributed by atoms with E-state index in [1.54, 1.807) is 0 Å². The van der Waals surface area contributed by atoms with Gasteiger partial charge in [0, 0.05) is 13.1 Å². The Kier molecular flexibility index (Phi) is 4.18. The molecule has 3 rings (SSSR count). The molecule has 0 unspecified atom stereocenters. The smallest absolute Gasteiger partial charge is 0.321 e. The lowest BCUT2D eigenvalue weighted by Gasteiger charge is -2.32. The minimum Gasteiger partial charge on any atom is -0.480 e. The quantitative estimate of drug-likeness (QED) is 0.935. The molecule has 1 N–H and O–H groups in total. The van der Waals surface area contributed by atoms with Gasteiger partial charge in [-0.1, -0.05) is 42.5 Å². The zero-order valence-corrected chi connectivity index (χ0v) is 11.9. The van der Waals surface area contributed by atoms with Crippen LogP contribution in [0.15, 0.2) is 42.5 Å². The summed E-state index contributed by atoms with van der Waals surface area (Å²) in [6.07, 6.45) is 0.524. The molecule has 0 bridgehead atoms. The minimum atomic E-state index is -0.759. The van der Waals surface area contributed by atoms with Crippen LogP contribution in [0, 0.1) is 0 Å². The summed E-state index contributed by atoms with van der Waals surface area (Å²) in [5, 5.41) is 11.9. The number of rotatable bonds is 4. The van der Waals surface area contributed by atoms with Gasteiger partial charge in [-0.25, -0.2) is 0 Å². The highest BCUT2D eigenvalue weighted by Crippen LogP contribution is 2.21. The average molecular weight is 285 g/mol. The monoisotopic (exact) mass is 285 g/mol. The van der Waals surface area contributed by atoms with Crippen molar-refractivity contribution in [3.8, 4) is 0 Å². The zero-order valence-electron chi connectivity index (χ0n) is 11.9. The molecule has 4 nitrogen and oxygen atoms in total. The first-order valence-corrected chi connectivity index (χ1v) is 7.27. The summed E-state index contributed by atoms with van der Waals surface area (Å²) in [6, 6.07) is 13.7. The number of carbonyl (C=O) groups is 1. The van der Waals surface area contributed by atoms with E-state index in [0.717, 1.165) is 16.3 Å². The van der Waals surface area contributed by atoms with Gasteiger partial charge in [-0.3, -0.25) is 9.69 Å². The highest BCUT2D eigenvalue weighted by atomic mass is 16.5. The summed E-state index contributed by atoms with van der Waals surface area (Å²) in [5.41, 5.74) is 1.09. The number of hydrogen-bond acceptors (Lipinski definition) is 3. The Labute approximate surface area is 123 Å². The van der Waals surface area contributed by atoms with Crippen molar-refractivity contribution in [3.63, 3.8) is 0 Å². The minimum absolute atomic E-state index is 0.486. The summed E-state index contributed by atoms with van der Waals surface area (Å²) in [7, 11) is 0. The summed E-state index contributed by atoms with van der Waals surface area (Å²) >= 11 is 0. The van der Waals surface area contributed by atoms with Gasteiger partial charge in [-0.05, 0) is 22.8 Å². The summed E-state index contributed by atoms with van der Waals surface area (Å²) in [4.78, 5) is 13.7. The van der Waals surface area contributed by atoms with Crippen molar-refractivity contribution in [2.24, 2.45) is 0 Å². The molecule has 0 aliphatic carbocycles. The Balaban J connectivity index is 1.89. The normalized spacial score (nSPS) is 17.7. The number of carboxylic acid groups (broad SMARTS) is 1. The van der Waals surface area contributed by atoms with Crippen LogP contribution in [0.4, 0.5) is 0 Å². The molecule has 2 aromatic carbocycles. The Bertz CT molecular complexity index is 629. The van der Waals surface area contributed by atoms with E-state index in [1.807, 2.05) is 29.2 Å². The van der Waals surface area contributed by atoms with Gasteiger partial charge < -0.3 is 9.84 Å². The van der Waals surface area contributed by atoms with E-state index in [-0.39, 0.29) is 0 Å². The molecule has 1 aliphatic rings. The average Bonchev–Trinajstić information content (AvgIpc) is 2.53. The van der Waals surface area contributed by atoms with E-state index in [1.165, 1.54) is 0 Å². The second-order valence-corrected chi connectivity index (χ2v) is 5.34. The number of fused-ring (bicyclic) bond motifs is 1. The van der Waals surface area contributed by atoms with Crippen molar-refractivity contribution < 1.29 is 14.6 Å². The van der Waals surface area contributed by atoms with Crippen LogP contribution in [0.25, 0.3) is 10.8 Å². The highest BCUT2D eigenvalue weighted by Gasteiger charge is 2.27. The van der Waals surface area contributed by atoms with E-state index < -0.39 is 12.0 Å². The third-order valence-corrected chi connectivity index (χ3v) is 4.06. The molecule has 1 heterocycles. The SMILES string of the molecule is O=C(O)[C@@H](Cc1cccc2ccccc12)N1CCOCC1. The molecule has 4 heteroatoms. The number of ether oxygens (including phenoxy) is 1. The first-order valence-electron chi connectivity index (χ1n) is 7.27. The van der Waals surface area contributed by atoms with E-state index in [0.29, 0.717) is 32.7 Å². The number of carboxylic acids is 1. The molecule has 2 aromatic rings. The molecule has 0 radical (unpaired) electrons. The van der Waals surface area contributed by atoms with Crippen LogP contribution >= 0.6 is 0 Å². The van der Waals surface area contributed by atoms with E-state index in [2.05, 4.69) is 18.2 Å². The number of hydrogen-bond donors (Lipinski definition) is 1. The van der Waals surface area contributed by atoms with Crippen molar-refractivity contribution >= 4 is 16.7 Å². The maximum Gasteiger partial charge on any atom is 0.321 e. The van der Waals surface area contributed by atoms with Crippen LogP contribution in [0.2, 0.25) is 0 Å². The lowest BCUT2D eigenvalue weighted by molar-refractivity contribution is -0.145. The number of nitrogens with zero attached hydrogens (tertiary/aromatic N) is 1. The molecule has 1 atom stereocenters. The van der Waals surface area contributed by atoms with E-state index in [9.17, 15) is 9.90 Å². The summed E-state index contributed by atoms with van der Waals surface area (Å²) < 4.78 is 5.32. The summed E-state index contributed by atoms with van der Waals surface area (Å²) in [5.74, 6) is -0.759. The molecule has 0 aromatic heterocycles. The van der Waals surface area contributed by atoms with Crippen molar-refractivity contribution in [2.45, 2.75) is 12.5 Å². The fourth-order valence-corrected chi connectivity index (χ4v) is 2.94. The van der Waals surface area contributed by atoms with Crippen molar-refractivity contribution in [3.05, 3.63) is 48.0 Å². The molecule has 0 spiro atoms. The third kappa shape index (κ3) is 3.06. The molecule has 0 saturated carbocycles. The van der Waals surface area contributed by atoms with E-state index in [4.69, 9.17) is 4.74 Å². The standard InChI is InChI=1S/C17H19NO3/c19-17(20)16(18-8-10-21-11-9-18)12-14-6-3-5-13-4-1-2-7-15(13)14/h1-7,16H,8-12H2,(H,19,20)/t16-/m1/s1. The maximum absolute atomic E-state index is 11.7. The summed E-state index contributed by atoms with van der Waals surface area (Å²) in [6.45, 7) is 2.59. The molecule has 110 valence electrons. The first-order chi connectivity index (χ1) is 10.3. The molecule has 1 saturated heterocycles. The van der Waals surface area contributed by atoms with Crippen LogP contribution in [0.5, 0.6) is 0 Å². The van der Waals surface area contributed by atoms with Crippen molar-refractivity contribution in [2.75, 3.05) is 26.3 Å². The van der Waals surface area contributed by atoms with Crippen LogP contribution in [0.1, 0.15) is 5.56 Å². The molecular weight excluding hydrogens is 266 g/mol. The molecule has 0 amide bonds. The van der Waals surface area contributed by atoms with Crippen molar-refractivity contribution in [1.29, 1.82) is 0 Å². The van der Waals surface area contributed by atoms with Gasteiger partial charge in [-0.15, -0.1) is 0 Å². The molecular formula is C17H19NO3. The Morgan fingerprint density at radius 2 is 1.86 bits per heavy atom. The van der Waals surface area contributed by atoms with Crippen molar-refractivity contribution in [1.82, 2.24) is 4.90 Å². The number of aliphatic carboxylic acids is 1. The largest absolute Gasteiger partial charge is 0.480 e. The maximum atomic E-state index is 11.7. The predicted octanol–water partition coefficient (Wildman–Crippen LogP) is 2.17. The van der Waals surface area contributed by atoms with Gasteiger partial charge in [0.1, 0.15) is 6.04 Å². The number of morpholine rings is 1. The highest BCUT2D eigenvalue weighted by molar-refractivity contribution is 5.86. The lowest BCUT2D eigenvalue weighted by atomic mass is 9.98. The van der Waals surface area contributed by atoms with Gasteiger partial charge in [-0.2, -0.15) is 0 Å². The fourth-order valence-electron chi connectivity index (χ4n) is 2.94. The Hall–Kier alpha value is -1.91. The van der Waals surface area contributed by atoms with Crippen LogP contribution in [-0.4, -0.2) is 48.3 Å². The number of benzene rings is 2. The van der Waals surface area contributed by atoms with Crippen LogP contribution < -0.4 is 0 Å². The zero-order chi connectivity index (χ0) is 14.7. The third-order valence-electron chi connectivity index (χ3n) is 4.06. The van der Waals surface area contributed by atoms with Gasteiger partial charge >= 0.3 is 5.97 Å². The van der Waals surface area contributed by atoms with Crippen LogP contribution in [0.3, 0.4) is 0 Å². The molecule has 1 aliphatic heterocycles. The fraction of sp³-hybridized carbons (Fsp3) is 0.353.